The van der Waals surface area contributed by atoms with Crippen molar-refractivity contribution in [3.05, 3.63) is 10.6 Å². The second-order valence-corrected chi connectivity index (χ2v) is 3.18. The average Bonchev–Trinajstić information content (AvgIpc) is 2.31. The van der Waals surface area contributed by atoms with E-state index in [0.29, 0.717) is 4.73 Å². The molecule has 0 radical (unpaired) electrons. The fourth-order valence-corrected chi connectivity index (χ4v) is 1.55. The van der Waals surface area contributed by atoms with Gasteiger partial charge in [0.05, 0.1) is 13.2 Å². The third kappa shape index (κ3) is 1.18. The van der Waals surface area contributed by atoms with Crippen molar-refractivity contribution in [2.75, 3.05) is 6.61 Å². The Morgan fingerprint density at radius 1 is 1.73 bits per heavy atom. The SMILES string of the molecule is CC1OCCn2nc(Br)nc21. The van der Waals surface area contributed by atoms with Crippen LogP contribution >= 0.6 is 15.9 Å². The molecule has 1 aromatic heterocycles. The average molecular weight is 218 g/mol. The van der Waals surface area contributed by atoms with E-state index in [-0.39, 0.29) is 6.10 Å². The Morgan fingerprint density at radius 3 is 3.27 bits per heavy atom. The summed E-state index contributed by atoms with van der Waals surface area (Å²) in [5.74, 6) is 0.906. The van der Waals surface area contributed by atoms with Gasteiger partial charge in [0.2, 0.25) is 4.73 Å². The Balaban J connectivity index is 2.43. The first-order valence-corrected chi connectivity index (χ1v) is 4.28. The van der Waals surface area contributed by atoms with Crippen molar-refractivity contribution in [3.8, 4) is 0 Å². The molecular formula is C6H8BrN3O. The molecule has 0 fully saturated rings. The summed E-state index contributed by atoms with van der Waals surface area (Å²) in [6, 6.07) is 0. The summed E-state index contributed by atoms with van der Waals surface area (Å²) in [4.78, 5) is 4.18. The zero-order valence-corrected chi connectivity index (χ0v) is 7.71. The first-order valence-electron chi connectivity index (χ1n) is 3.49. The molecule has 2 rings (SSSR count). The summed E-state index contributed by atoms with van der Waals surface area (Å²) >= 11 is 3.22. The first kappa shape index (κ1) is 7.24. The van der Waals surface area contributed by atoms with E-state index in [4.69, 9.17) is 4.74 Å². The number of ether oxygens (including phenoxy) is 1. The summed E-state index contributed by atoms with van der Waals surface area (Å²) in [5, 5.41) is 4.14. The molecule has 11 heavy (non-hydrogen) atoms. The van der Waals surface area contributed by atoms with E-state index in [1.54, 1.807) is 0 Å². The molecular weight excluding hydrogens is 210 g/mol. The summed E-state index contributed by atoms with van der Waals surface area (Å²) in [6.07, 6.45) is 0.0718. The highest BCUT2D eigenvalue weighted by Gasteiger charge is 2.19. The molecule has 0 spiro atoms. The Kier molecular flexibility index (Phi) is 1.69. The molecule has 1 unspecified atom stereocenters. The highest BCUT2D eigenvalue weighted by Crippen LogP contribution is 2.20. The Labute approximate surface area is 72.7 Å². The van der Waals surface area contributed by atoms with Gasteiger partial charge in [0.15, 0.2) is 5.82 Å². The maximum atomic E-state index is 5.37. The topological polar surface area (TPSA) is 39.9 Å². The number of halogens is 1. The van der Waals surface area contributed by atoms with Gasteiger partial charge in [-0.05, 0) is 22.9 Å². The molecule has 60 valence electrons. The van der Waals surface area contributed by atoms with Gasteiger partial charge >= 0.3 is 0 Å². The van der Waals surface area contributed by atoms with Crippen LogP contribution in [0.25, 0.3) is 0 Å². The van der Waals surface area contributed by atoms with Crippen LogP contribution in [0.1, 0.15) is 18.9 Å². The second kappa shape index (κ2) is 2.57. The van der Waals surface area contributed by atoms with Crippen LogP contribution < -0.4 is 0 Å². The summed E-state index contributed by atoms with van der Waals surface area (Å²) in [7, 11) is 0. The third-order valence-electron chi connectivity index (χ3n) is 1.71. The zero-order valence-electron chi connectivity index (χ0n) is 6.12. The number of hydrogen-bond donors (Lipinski definition) is 0. The van der Waals surface area contributed by atoms with Crippen LogP contribution in [0.15, 0.2) is 4.73 Å². The Bertz CT molecular complexity index is 273. The standard InChI is InChI=1S/C6H8BrN3O/c1-4-5-8-6(7)9-10(5)2-3-11-4/h4H,2-3H2,1H3. The molecule has 0 aromatic carbocycles. The van der Waals surface area contributed by atoms with Crippen LogP contribution in [0.4, 0.5) is 0 Å². The largest absolute Gasteiger partial charge is 0.369 e. The van der Waals surface area contributed by atoms with Crippen LogP contribution in [0.3, 0.4) is 0 Å². The van der Waals surface area contributed by atoms with Gasteiger partial charge in [-0.3, -0.25) is 0 Å². The molecule has 0 N–H and O–H groups in total. The Hall–Kier alpha value is -0.420. The smallest absolute Gasteiger partial charge is 0.217 e. The molecule has 1 atom stereocenters. The van der Waals surface area contributed by atoms with Crippen molar-refractivity contribution in [3.63, 3.8) is 0 Å². The van der Waals surface area contributed by atoms with Gasteiger partial charge in [0, 0.05) is 0 Å². The lowest BCUT2D eigenvalue weighted by atomic mass is 10.3. The fourth-order valence-electron chi connectivity index (χ4n) is 1.18. The van der Waals surface area contributed by atoms with Crippen molar-refractivity contribution in [2.24, 2.45) is 0 Å². The molecule has 0 saturated heterocycles. The van der Waals surface area contributed by atoms with E-state index in [1.165, 1.54) is 0 Å². The van der Waals surface area contributed by atoms with Crippen molar-refractivity contribution >= 4 is 15.9 Å². The van der Waals surface area contributed by atoms with Gasteiger partial charge in [-0.2, -0.15) is 0 Å². The zero-order chi connectivity index (χ0) is 7.84. The van der Waals surface area contributed by atoms with Gasteiger partial charge in [-0.1, -0.05) is 0 Å². The van der Waals surface area contributed by atoms with Crippen molar-refractivity contribution < 1.29 is 4.74 Å². The van der Waals surface area contributed by atoms with Crippen LogP contribution in [-0.4, -0.2) is 21.4 Å². The lowest BCUT2D eigenvalue weighted by Crippen LogP contribution is -2.20. The number of aromatic nitrogens is 3. The molecule has 0 amide bonds. The van der Waals surface area contributed by atoms with Crippen LogP contribution in [-0.2, 0) is 11.3 Å². The van der Waals surface area contributed by atoms with Gasteiger partial charge in [-0.25, -0.2) is 9.67 Å². The number of fused-ring (bicyclic) bond motifs is 1. The lowest BCUT2D eigenvalue weighted by molar-refractivity contribution is 0.0255. The van der Waals surface area contributed by atoms with E-state index >= 15 is 0 Å². The molecule has 2 heterocycles. The maximum Gasteiger partial charge on any atom is 0.217 e. The molecule has 1 aliphatic rings. The molecule has 0 aliphatic carbocycles. The highest BCUT2D eigenvalue weighted by atomic mass is 79.9. The number of nitrogens with zero attached hydrogens (tertiary/aromatic N) is 3. The van der Waals surface area contributed by atoms with Gasteiger partial charge in [-0.15, -0.1) is 5.10 Å². The van der Waals surface area contributed by atoms with Crippen molar-refractivity contribution in [1.29, 1.82) is 0 Å². The maximum absolute atomic E-state index is 5.37. The summed E-state index contributed by atoms with van der Waals surface area (Å²) < 4.78 is 7.89. The van der Waals surface area contributed by atoms with Crippen LogP contribution in [0.5, 0.6) is 0 Å². The van der Waals surface area contributed by atoms with E-state index < -0.39 is 0 Å². The minimum Gasteiger partial charge on any atom is -0.369 e. The van der Waals surface area contributed by atoms with Gasteiger partial charge < -0.3 is 4.74 Å². The van der Waals surface area contributed by atoms with Crippen molar-refractivity contribution in [1.82, 2.24) is 14.8 Å². The molecule has 1 aromatic rings. The second-order valence-electron chi connectivity index (χ2n) is 2.48. The number of hydrogen-bond acceptors (Lipinski definition) is 3. The number of rotatable bonds is 0. The fraction of sp³-hybridized carbons (Fsp3) is 0.667. The van der Waals surface area contributed by atoms with Gasteiger partial charge in [0.25, 0.3) is 0 Å². The summed E-state index contributed by atoms with van der Waals surface area (Å²) in [6.45, 7) is 3.51. The van der Waals surface area contributed by atoms with Crippen molar-refractivity contribution in [2.45, 2.75) is 19.6 Å². The van der Waals surface area contributed by atoms with Crippen LogP contribution in [0.2, 0.25) is 0 Å². The minimum atomic E-state index is 0.0718. The highest BCUT2D eigenvalue weighted by molar-refractivity contribution is 9.10. The van der Waals surface area contributed by atoms with E-state index in [9.17, 15) is 0 Å². The third-order valence-corrected chi connectivity index (χ3v) is 2.04. The minimum absolute atomic E-state index is 0.0718. The van der Waals surface area contributed by atoms with E-state index in [1.807, 2.05) is 11.6 Å². The predicted molar refractivity (Wildman–Crippen MR) is 42.1 cm³/mol. The Morgan fingerprint density at radius 2 is 2.55 bits per heavy atom. The lowest BCUT2D eigenvalue weighted by Gasteiger charge is -2.18. The monoisotopic (exact) mass is 217 g/mol. The first-order chi connectivity index (χ1) is 5.27. The quantitative estimate of drug-likeness (QED) is 0.655. The normalized spacial score (nSPS) is 23.3. The molecule has 0 bridgehead atoms. The van der Waals surface area contributed by atoms with E-state index in [0.717, 1.165) is 19.0 Å². The summed E-state index contributed by atoms with van der Waals surface area (Å²) in [5.41, 5.74) is 0. The van der Waals surface area contributed by atoms with E-state index in [2.05, 4.69) is 26.0 Å². The van der Waals surface area contributed by atoms with Gasteiger partial charge in [0.1, 0.15) is 6.10 Å². The molecule has 0 saturated carbocycles. The van der Waals surface area contributed by atoms with Crippen LogP contribution in [0, 0.1) is 0 Å². The molecule has 5 heteroatoms. The molecule has 1 aliphatic heterocycles. The predicted octanol–water partition coefficient (Wildman–Crippen LogP) is 1.13. The molecule has 4 nitrogen and oxygen atoms in total.